The first kappa shape index (κ1) is 18.7. The van der Waals surface area contributed by atoms with Crippen LogP contribution in [-0.4, -0.2) is 63.0 Å². The zero-order valence-corrected chi connectivity index (χ0v) is 18.1. The van der Waals surface area contributed by atoms with Gasteiger partial charge in [0.25, 0.3) is 0 Å². The van der Waals surface area contributed by atoms with Crippen LogP contribution in [0.1, 0.15) is 30.9 Å². The zero-order valence-electron chi connectivity index (χ0n) is 18.1. The first-order chi connectivity index (χ1) is 14.5. The van der Waals surface area contributed by atoms with Crippen LogP contribution < -0.4 is 9.47 Å². The van der Waals surface area contributed by atoms with Crippen LogP contribution in [0.2, 0.25) is 0 Å². The molecular formula is C24H29NO5. The summed E-state index contributed by atoms with van der Waals surface area (Å²) in [6.07, 6.45) is 6.86. The van der Waals surface area contributed by atoms with E-state index in [0.29, 0.717) is 12.6 Å². The van der Waals surface area contributed by atoms with Crippen LogP contribution in [0.15, 0.2) is 24.3 Å². The van der Waals surface area contributed by atoms with Crippen molar-refractivity contribution >= 4 is 5.97 Å². The van der Waals surface area contributed by atoms with Gasteiger partial charge in [0.2, 0.25) is 0 Å². The van der Waals surface area contributed by atoms with Crippen molar-refractivity contribution in [3.8, 4) is 11.5 Å². The Kier molecular flexibility index (Phi) is 3.61. The Bertz CT molecular complexity index is 975. The van der Waals surface area contributed by atoms with Crippen LogP contribution in [0, 0.1) is 11.3 Å². The Labute approximate surface area is 177 Å². The Morgan fingerprint density at radius 2 is 2.13 bits per heavy atom. The average Bonchev–Trinajstić information content (AvgIpc) is 3.13. The van der Waals surface area contributed by atoms with Gasteiger partial charge in [-0.2, -0.15) is 0 Å². The lowest BCUT2D eigenvalue weighted by atomic mass is 9.37. The molecule has 0 N–H and O–H groups in total. The van der Waals surface area contributed by atoms with Crippen molar-refractivity contribution in [3.05, 3.63) is 35.4 Å². The van der Waals surface area contributed by atoms with E-state index < -0.39 is 5.60 Å². The van der Waals surface area contributed by atoms with E-state index in [4.69, 9.17) is 18.9 Å². The monoisotopic (exact) mass is 411 g/mol. The normalized spacial score (nSPS) is 41.9. The number of piperidine rings is 1. The first-order valence-electron chi connectivity index (χ1n) is 11.0. The molecule has 160 valence electrons. The van der Waals surface area contributed by atoms with E-state index in [2.05, 4.69) is 30.2 Å². The number of methoxy groups -OCH3 is 2. The molecule has 7 rings (SSSR count). The highest BCUT2D eigenvalue weighted by Gasteiger charge is 2.80. The molecule has 0 amide bonds. The molecule has 30 heavy (non-hydrogen) atoms. The molecule has 6 atom stereocenters. The number of carbonyl (C=O) groups is 1. The van der Waals surface area contributed by atoms with Crippen molar-refractivity contribution in [3.63, 3.8) is 0 Å². The molecule has 2 spiro atoms. The van der Waals surface area contributed by atoms with Gasteiger partial charge in [0.15, 0.2) is 11.5 Å². The van der Waals surface area contributed by atoms with Crippen LogP contribution >= 0.6 is 0 Å². The summed E-state index contributed by atoms with van der Waals surface area (Å²) in [5, 5.41) is 0. The molecule has 1 aromatic carbocycles. The molecule has 1 aromatic rings. The van der Waals surface area contributed by atoms with Gasteiger partial charge in [0.1, 0.15) is 11.7 Å². The number of hydrogen-bond donors (Lipinski definition) is 0. The lowest BCUT2D eigenvalue weighted by Crippen LogP contribution is -2.79. The lowest BCUT2D eigenvalue weighted by Gasteiger charge is -2.70. The number of nitrogens with zero attached hydrogens (tertiary/aromatic N) is 1. The smallest absolute Gasteiger partial charge is 0.312 e. The maximum atomic E-state index is 13.2. The SMILES string of the molecule is CCOC(=O)[C@@H]1C[C@]23C=C[C@]1(OC)[C@H]1Oc4c(OC)ccc5c4[C@@]12CCN(C)[C@@H]3C5. The predicted molar refractivity (Wildman–Crippen MR) is 110 cm³/mol. The number of rotatable bonds is 4. The number of benzene rings is 1. The second-order valence-corrected chi connectivity index (χ2v) is 9.49. The van der Waals surface area contributed by atoms with Crippen molar-refractivity contribution in [2.75, 3.05) is 34.4 Å². The maximum Gasteiger partial charge on any atom is 0.312 e. The molecule has 0 unspecified atom stereocenters. The predicted octanol–water partition coefficient (Wildman–Crippen LogP) is 2.48. The molecule has 6 aliphatic rings. The quantitative estimate of drug-likeness (QED) is 0.561. The fraction of sp³-hybridized carbons (Fsp3) is 0.625. The summed E-state index contributed by atoms with van der Waals surface area (Å²) in [4.78, 5) is 15.7. The summed E-state index contributed by atoms with van der Waals surface area (Å²) >= 11 is 0. The molecule has 6 heteroatoms. The van der Waals surface area contributed by atoms with E-state index in [-0.39, 0.29) is 28.8 Å². The summed E-state index contributed by atoms with van der Waals surface area (Å²) in [5.41, 5.74) is 1.40. The number of hydrogen-bond acceptors (Lipinski definition) is 6. The topological polar surface area (TPSA) is 57.2 Å². The third-order valence-electron chi connectivity index (χ3n) is 8.85. The fourth-order valence-electron chi connectivity index (χ4n) is 7.72. The molecule has 6 nitrogen and oxygen atoms in total. The van der Waals surface area contributed by atoms with Gasteiger partial charge in [0.05, 0.1) is 25.0 Å². The van der Waals surface area contributed by atoms with Crippen molar-refractivity contribution in [1.82, 2.24) is 4.90 Å². The van der Waals surface area contributed by atoms with E-state index in [1.807, 2.05) is 13.0 Å². The minimum Gasteiger partial charge on any atom is -0.493 e. The Balaban J connectivity index is 1.65. The third-order valence-corrected chi connectivity index (χ3v) is 8.85. The van der Waals surface area contributed by atoms with E-state index in [0.717, 1.165) is 37.3 Å². The van der Waals surface area contributed by atoms with Gasteiger partial charge in [-0.25, -0.2) is 0 Å². The lowest BCUT2D eigenvalue weighted by molar-refractivity contribution is -0.221. The van der Waals surface area contributed by atoms with E-state index >= 15 is 0 Å². The second-order valence-electron chi connectivity index (χ2n) is 9.49. The average molecular weight is 411 g/mol. The van der Waals surface area contributed by atoms with Crippen LogP contribution in [-0.2, 0) is 26.1 Å². The van der Waals surface area contributed by atoms with Gasteiger partial charge >= 0.3 is 5.97 Å². The zero-order chi connectivity index (χ0) is 20.9. The minimum absolute atomic E-state index is 0.184. The highest BCUT2D eigenvalue weighted by Crippen LogP contribution is 2.74. The Morgan fingerprint density at radius 3 is 2.87 bits per heavy atom. The summed E-state index contributed by atoms with van der Waals surface area (Å²) < 4.78 is 24.3. The number of fused-ring (bicyclic) bond motifs is 1. The van der Waals surface area contributed by atoms with Crippen LogP contribution in [0.3, 0.4) is 0 Å². The number of ether oxygens (including phenoxy) is 4. The molecule has 0 aromatic heterocycles. The van der Waals surface area contributed by atoms with Gasteiger partial charge in [-0.3, -0.25) is 4.79 Å². The molecule has 4 bridgehead atoms. The van der Waals surface area contributed by atoms with Gasteiger partial charge in [-0.15, -0.1) is 0 Å². The fourth-order valence-corrected chi connectivity index (χ4v) is 7.72. The molecule has 4 aliphatic carbocycles. The Morgan fingerprint density at radius 1 is 1.30 bits per heavy atom. The molecule has 2 aliphatic heterocycles. The number of likely N-dealkylation sites (tertiary alicyclic amines) is 1. The van der Waals surface area contributed by atoms with E-state index in [1.54, 1.807) is 14.2 Å². The van der Waals surface area contributed by atoms with Crippen LogP contribution in [0.4, 0.5) is 0 Å². The van der Waals surface area contributed by atoms with Crippen molar-refractivity contribution < 1.29 is 23.7 Å². The van der Waals surface area contributed by atoms with Gasteiger partial charge in [-0.1, -0.05) is 18.2 Å². The van der Waals surface area contributed by atoms with Gasteiger partial charge in [-0.05, 0) is 51.4 Å². The highest BCUT2D eigenvalue weighted by molar-refractivity contribution is 5.78. The summed E-state index contributed by atoms with van der Waals surface area (Å²) in [5.74, 6) is 1.04. The van der Waals surface area contributed by atoms with E-state index in [1.165, 1.54) is 11.1 Å². The molecular weight excluding hydrogens is 382 g/mol. The number of esters is 1. The largest absolute Gasteiger partial charge is 0.493 e. The van der Waals surface area contributed by atoms with Crippen molar-refractivity contribution in [1.29, 1.82) is 0 Å². The maximum absolute atomic E-state index is 13.2. The highest BCUT2D eigenvalue weighted by atomic mass is 16.6. The first-order valence-corrected chi connectivity index (χ1v) is 11.0. The summed E-state index contributed by atoms with van der Waals surface area (Å²) in [6.45, 7) is 3.22. The van der Waals surface area contributed by atoms with Crippen LogP contribution in [0.25, 0.3) is 0 Å². The molecule has 0 radical (unpaired) electrons. The minimum atomic E-state index is -0.840. The molecule has 2 fully saturated rings. The van der Waals surface area contributed by atoms with Crippen molar-refractivity contribution in [2.24, 2.45) is 11.3 Å². The third kappa shape index (κ3) is 1.75. The second kappa shape index (κ2) is 5.80. The Hall–Kier alpha value is -2.05. The van der Waals surface area contributed by atoms with Gasteiger partial charge < -0.3 is 23.8 Å². The summed E-state index contributed by atoms with van der Waals surface area (Å²) in [7, 11) is 5.61. The van der Waals surface area contributed by atoms with E-state index in [9.17, 15) is 4.79 Å². The molecule has 1 saturated heterocycles. The molecule has 1 saturated carbocycles. The van der Waals surface area contributed by atoms with Crippen LogP contribution in [0.5, 0.6) is 11.5 Å². The number of likely N-dealkylation sites (N-methyl/N-ethyl adjacent to an activating group) is 1. The van der Waals surface area contributed by atoms with Crippen molar-refractivity contribution in [2.45, 2.75) is 49.3 Å². The molecule has 2 heterocycles. The number of carbonyl (C=O) groups excluding carboxylic acids is 1. The summed E-state index contributed by atoms with van der Waals surface area (Å²) in [6, 6.07) is 4.54. The standard InChI is InChI=1S/C24H29NO5/c1-5-29-20(26)15-13-22-8-9-24(15,28-4)21-23(22)10-11-25(2)17(22)12-14-6-7-16(27-3)19(30-21)18(14)23/h6-9,15,17,21H,5,10-13H2,1-4H3/t15-,17+,21-,22-,23-,24+/m0/s1. The van der Waals surface area contributed by atoms with Gasteiger partial charge in [0, 0.05) is 24.1 Å².